The summed E-state index contributed by atoms with van der Waals surface area (Å²) in [6, 6.07) is 17.5. The number of fused-ring (bicyclic) bond motifs is 8. The number of hydrogen-bond acceptors (Lipinski definition) is 7. The molecule has 1 saturated heterocycles. The van der Waals surface area contributed by atoms with E-state index in [0.29, 0.717) is 42.1 Å². The number of nitrogens with one attached hydrogen (secondary N) is 3. The summed E-state index contributed by atoms with van der Waals surface area (Å²) in [7, 11) is 0. The Morgan fingerprint density at radius 2 is 1.72 bits per heavy atom. The highest BCUT2D eigenvalue weighted by Gasteiger charge is 2.35. The topological polar surface area (TPSA) is 143 Å². The second-order valence-electron chi connectivity index (χ2n) is 12.2. The Morgan fingerprint density at radius 3 is 2.60 bits per heavy atom. The smallest absolute Gasteiger partial charge is 0.261 e. The van der Waals surface area contributed by atoms with E-state index in [-0.39, 0.29) is 42.0 Å². The maximum Gasteiger partial charge on any atom is 0.261 e. The van der Waals surface area contributed by atoms with Gasteiger partial charge in [-0.05, 0) is 78.8 Å². The Morgan fingerprint density at radius 1 is 0.894 bits per heavy atom. The fourth-order valence-corrected chi connectivity index (χ4v) is 6.40. The van der Waals surface area contributed by atoms with Gasteiger partial charge in [-0.15, -0.1) is 0 Å². The summed E-state index contributed by atoms with van der Waals surface area (Å²) in [4.78, 5) is 61.8. The zero-order chi connectivity index (χ0) is 32.3. The van der Waals surface area contributed by atoms with Crippen molar-refractivity contribution in [1.29, 1.82) is 0 Å². The molecule has 11 nitrogen and oxygen atoms in total. The summed E-state index contributed by atoms with van der Waals surface area (Å²) >= 11 is 0. The standard InChI is InChI=1S/C36H35N5O6/c42-33-21-46-28-6-3-5-23(15-28)25-14-26(19-37-18-25)34(43)40-31-20-41(13-12-32(31)47-27-10-8-22(9-11-27)17-38-33)36(45)29-16-24-4-1-2-7-30(24)39-35(29)44/h3,5-6,8-11,14-16,18-19,31-32H,1-2,4,7,12-13,17,20-21H2,(H,38,42)(H,39,44)(H,40,43)/t31-,32+/m1/s1. The lowest BCUT2D eigenvalue weighted by Crippen LogP contribution is -2.58. The third kappa shape index (κ3) is 6.74. The highest BCUT2D eigenvalue weighted by molar-refractivity contribution is 5.96. The molecule has 47 heavy (non-hydrogen) atoms. The highest BCUT2D eigenvalue weighted by Crippen LogP contribution is 2.26. The van der Waals surface area contributed by atoms with Crippen molar-refractivity contribution in [2.24, 2.45) is 0 Å². The molecule has 3 N–H and O–H groups in total. The normalized spacial score (nSPS) is 19.6. The third-order valence-electron chi connectivity index (χ3n) is 8.96. The molecule has 0 radical (unpaired) electrons. The minimum absolute atomic E-state index is 0.119. The number of benzene rings is 2. The minimum atomic E-state index is -0.582. The SMILES string of the molecule is O=C1COc2cccc(c2)-c2cncc(c2)C(=O)N[C@@H]2CN(C(=O)c3cc4c([nH]c3=O)CCCC4)CC[C@@H]2Oc2ccc(cc2)CN1. The molecule has 0 spiro atoms. The predicted molar refractivity (Wildman–Crippen MR) is 173 cm³/mol. The molecular formula is C36H35N5O6. The number of H-pyrrole nitrogens is 1. The van der Waals surface area contributed by atoms with Crippen molar-refractivity contribution in [1.82, 2.24) is 25.5 Å². The average molecular weight is 634 g/mol. The molecule has 1 aliphatic carbocycles. The first kappa shape index (κ1) is 30.2. The maximum absolute atomic E-state index is 13.8. The van der Waals surface area contributed by atoms with E-state index in [1.807, 2.05) is 36.4 Å². The number of aromatic amines is 1. The maximum atomic E-state index is 13.8. The van der Waals surface area contributed by atoms with Crippen LogP contribution < -0.4 is 25.7 Å². The number of nitrogens with zero attached hydrogens (tertiary/aromatic N) is 2. The third-order valence-corrected chi connectivity index (χ3v) is 8.96. The number of carbonyl (C=O) groups is 3. The molecule has 0 unspecified atom stereocenters. The number of aromatic nitrogens is 2. The number of amides is 3. The molecule has 3 aliphatic heterocycles. The van der Waals surface area contributed by atoms with Gasteiger partial charge < -0.3 is 30.0 Å². The predicted octanol–water partition coefficient (Wildman–Crippen LogP) is 3.42. The van der Waals surface area contributed by atoms with E-state index in [1.165, 1.54) is 6.20 Å². The summed E-state index contributed by atoms with van der Waals surface area (Å²) in [5.74, 6) is 0.113. The summed E-state index contributed by atoms with van der Waals surface area (Å²) in [6.07, 6.45) is 6.80. The van der Waals surface area contributed by atoms with Crippen LogP contribution in [0, 0.1) is 0 Å². The van der Waals surface area contributed by atoms with Gasteiger partial charge >= 0.3 is 0 Å². The lowest BCUT2D eigenvalue weighted by molar-refractivity contribution is -0.123. The van der Waals surface area contributed by atoms with Crippen LogP contribution in [0.25, 0.3) is 11.1 Å². The van der Waals surface area contributed by atoms with Crippen LogP contribution in [0.4, 0.5) is 0 Å². The monoisotopic (exact) mass is 633 g/mol. The van der Waals surface area contributed by atoms with Crippen LogP contribution in [0.2, 0.25) is 0 Å². The van der Waals surface area contributed by atoms with Gasteiger partial charge in [0.15, 0.2) is 6.61 Å². The Bertz CT molecular complexity index is 1890. The van der Waals surface area contributed by atoms with Gasteiger partial charge in [0.1, 0.15) is 23.2 Å². The van der Waals surface area contributed by atoms with Gasteiger partial charge in [-0.1, -0.05) is 24.3 Å². The first-order chi connectivity index (χ1) is 22.9. The molecular weight excluding hydrogens is 598 g/mol. The lowest BCUT2D eigenvalue weighted by atomic mass is 9.94. The van der Waals surface area contributed by atoms with E-state index in [0.717, 1.165) is 48.1 Å². The van der Waals surface area contributed by atoms with Crippen LogP contribution in [-0.2, 0) is 24.2 Å². The van der Waals surface area contributed by atoms with Crippen LogP contribution in [0.3, 0.4) is 0 Å². The number of pyridine rings is 2. The van der Waals surface area contributed by atoms with E-state index in [1.54, 1.807) is 35.4 Å². The number of piperidine rings is 1. The van der Waals surface area contributed by atoms with Crippen LogP contribution in [-0.4, -0.2) is 64.4 Å². The Kier molecular flexibility index (Phi) is 8.43. The quantitative estimate of drug-likeness (QED) is 0.292. The second kappa shape index (κ2) is 13.1. The largest absolute Gasteiger partial charge is 0.488 e. The minimum Gasteiger partial charge on any atom is -0.488 e. The van der Waals surface area contributed by atoms with Crippen molar-refractivity contribution < 1.29 is 23.9 Å². The summed E-state index contributed by atoms with van der Waals surface area (Å²) in [5, 5.41) is 5.97. The number of aryl methyl sites for hydroxylation is 2. The number of likely N-dealkylation sites (tertiary alicyclic amines) is 1. The van der Waals surface area contributed by atoms with Gasteiger partial charge in [0.25, 0.3) is 23.3 Å². The summed E-state index contributed by atoms with van der Waals surface area (Å²) in [6.45, 7) is 0.686. The summed E-state index contributed by atoms with van der Waals surface area (Å²) in [5.41, 5.74) is 4.34. The first-order valence-corrected chi connectivity index (χ1v) is 16.0. The van der Waals surface area contributed by atoms with Crippen molar-refractivity contribution in [2.75, 3.05) is 19.7 Å². The molecule has 4 aromatic rings. The highest BCUT2D eigenvalue weighted by atomic mass is 16.5. The fourth-order valence-electron chi connectivity index (χ4n) is 6.40. The van der Waals surface area contributed by atoms with Gasteiger partial charge in [-0.3, -0.25) is 24.2 Å². The number of ether oxygens (including phenoxy) is 2. The molecule has 0 saturated carbocycles. The van der Waals surface area contributed by atoms with Crippen molar-refractivity contribution >= 4 is 17.7 Å². The summed E-state index contributed by atoms with van der Waals surface area (Å²) < 4.78 is 12.1. The van der Waals surface area contributed by atoms with Crippen LogP contribution in [0.5, 0.6) is 11.5 Å². The van der Waals surface area contributed by atoms with Crippen molar-refractivity contribution in [3.63, 3.8) is 0 Å². The van der Waals surface area contributed by atoms with Gasteiger partial charge in [-0.2, -0.15) is 0 Å². The van der Waals surface area contributed by atoms with Crippen molar-refractivity contribution in [3.05, 3.63) is 111 Å². The fraction of sp³-hybridized carbons (Fsp3) is 0.306. The Hall–Kier alpha value is -5.45. The van der Waals surface area contributed by atoms with Crippen LogP contribution in [0.1, 0.15) is 56.8 Å². The molecule has 8 rings (SSSR count). The molecule has 2 aromatic heterocycles. The van der Waals surface area contributed by atoms with E-state index in [2.05, 4.69) is 20.6 Å². The zero-order valence-corrected chi connectivity index (χ0v) is 25.8. The van der Waals surface area contributed by atoms with Crippen molar-refractivity contribution in [2.45, 2.75) is 50.8 Å². The number of rotatable bonds is 1. The Balaban J connectivity index is 1.19. The van der Waals surface area contributed by atoms with E-state index >= 15 is 0 Å². The van der Waals surface area contributed by atoms with Crippen LogP contribution >= 0.6 is 0 Å². The van der Waals surface area contributed by atoms with E-state index in [9.17, 15) is 19.2 Å². The molecule has 11 heteroatoms. The number of carbonyl (C=O) groups excluding carboxylic acids is 3. The van der Waals surface area contributed by atoms with Crippen molar-refractivity contribution in [3.8, 4) is 22.6 Å². The Labute approximate surface area is 271 Å². The molecule has 240 valence electrons. The lowest BCUT2D eigenvalue weighted by Gasteiger charge is -2.39. The van der Waals surface area contributed by atoms with E-state index < -0.39 is 12.1 Å². The molecule has 6 bridgehead atoms. The molecule has 2 aromatic carbocycles. The van der Waals surface area contributed by atoms with Gasteiger partial charge in [-0.25, -0.2) is 0 Å². The molecule has 1 fully saturated rings. The first-order valence-electron chi connectivity index (χ1n) is 16.0. The second-order valence-corrected chi connectivity index (χ2v) is 12.2. The van der Waals surface area contributed by atoms with Gasteiger partial charge in [0, 0.05) is 49.7 Å². The molecule has 4 aliphatic rings. The molecule has 3 amide bonds. The molecule has 5 heterocycles. The van der Waals surface area contributed by atoms with Gasteiger partial charge in [0.2, 0.25) is 0 Å². The van der Waals surface area contributed by atoms with Gasteiger partial charge in [0.05, 0.1) is 11.6 Å². The zero-order valence-electron chi connectivity index (χ0n) is 25.8. The van der Waals surface area contributed by atoms with E-state index in [4.69, 9.17) is 9.47 Å². The molecule has 2 atom stereocenters. The number of hydrogen-bond donors (Lipinski definition) is 3. The van der Waals surface area contributed by atoms with Crippen LogP contribution in [0.15, 0.2) is 77.9 Å². The average Bonchev–Trinajstić information content (AvgIpc) is 3.10.